The van der Waals surface area contributed by atoms with Crippen LogP contribution in [0.2, 0.25) is 10.0 Å². The highest BCUT2D eigenvalue weighted by Crippen LogP contribution is 2.32. The number of para-hydroxylation sites is 1. The van der Waals surface area contributed by atoms with E-state index in [0.717, 1.165) is 12.8 Å². The maximum atomic E-state index is 11.9. The van der Waals surface area contributed by atoms with Crippen molar-refractivity contribution in [1.82, 2.24) is 10.2 Å². The van der Waals surface area contributed by atoms with Gasteiger partial charge in [0.15, 0.2) is 12.4 Å². The van der Waals surface area contributed by atoms with Crippen molar-refractivity contribution in [3.05, 3.63) is 28.2 Å². The van der Waals surface area contributed by atoms with Gasteiger partial charge in [-0.3, -0.25) is 9.59 Å². The molecule has 1 N–H and O–H groups in total. The zero-order chi connectivity index (χ0) is 15.4. The molecule has 0 atom stereocenters. The molecule has 0 spiro atoms. The molecule has 21 heavy (non-hydrogen) atoms. The molecule has 0 heterocycles. The van der Waals surface area contributed by atoms with Crippen molar-refractivity contribution in [2.45, 2.75) is 18.9 Å². The number of benzene rings is 1. The summed E-state index contributed by atoms with van der Waals surface area (Å²) in [7, 11) is 1.55. The maximum absolute atomic E-state index is 11.9. The topological polar surface area (TPSA) is 58.6 Å². The van der Waals surface area contributed by atoms with Gasteiger partial charge < -0.3 is 15.0 Å². The number of carbonyl (C=O) groups is 2. The lowest BCUT2D eigenvalue weighted by atomic mass is 10.3. The summed E-state index contributed by atoms with van der Waals surface area (Å²) < 4.78 is 5.34. The van der Waals surface area contributed by atoms with Crippen LogP contribution in [0, 0.1) is 0 Å². The van der Waals surface area contributed by atoms with E-state index in [9.17, 15) is 9.59 Å². The first kappa shape index (κ1) is 15.9. The maximum Gasteiger partial charge on any atom is 0.260 e. The fraction of sp³-hybridized carbons (Fsp3) is 0.429. The molecule has 1 fully saturated rings. The second-order valence-corrected chi connectivity index (χ2v) is 5.75. The first-order valence-electron chi connectivity index (χ1n) is 6.57. The number of ether oxygens (including phenoxy) is 1. The van der Waals surface area contributed by atoms with Crippen LogP contribution in [0.1, 0.15) is 12.8 Å². The number of likely N-dealkylation sites (N-methyl/N-ethyl adjacent to an activating group) is 1. The molecule has 2 rings (SSSR count). The highest BCUT2D eigenvalue weighted by Gasteiger charge is 2.24. The number of hydrogen-bond donors (Lipinski definition) is 1. The van der Waals surface area contributed by atoms with Crippen molar-refractivity contribution in [2.24, 2.45) is 0 Å². The van der Waals surface area contributed by atoms with E-state index in [1.165, 1.54) is 4.90 Å². The molecule has 0 aliphatic heterocycles. The second-order valence-electron chi connectivity index (χ2n) is 4.93. The molecule has 0 radical (unpaired) electrons. The summed E-state index contributed by atoms with van der Waals surface area (Å²) in [6.45, 7) is -0.217. The zero-order valence-electron chi connectivity index (χ0n) is 11.6. The normalized spacial score (nSPS) is 13.7. The predicted octanol–water partition coefficient (Wildman–Crippen LogP) is 2.11. The minimum atomic E-state index is -0.322. The summed E-state index contributed by atoms with van der Waals surface area (Å²) in [6, 6.07) is 5.22. The van der Waals surface area contributed by atoms with Crippen LogP contribution in [0.4, 0.5) is 0 Å². The van der Waals surface area contributed by atoms with Gasteiger partial charge in [0.05, 0.1) is 16.6 Å². The first-order chi connectivity index (χ1) is 9.97. The average Bonchev–Trinajstić information content (AvgIpc) is 3.21. The number of nitrogens with one attached hydrogen (secondary N) is 1. The molecule has 7 heteroatoms. The quantitative estimate of drug-likeness (QED) is 0.869. The standard InChI is InChI=1S/C14H16Cl2N2O3/c1-18(7-12(19)17-9-5-6-9)13(20)8-21-14-10(15)3-2-4-11(14)16/h2-4,9H,5-8H2,1H3,(H,17,19). The van der Waals surface area contributed by atoms with Crippen LogP contribution in [0.3, 0.4) is 0 Å². The predicted molar refractivity (Wildman–Crippen MR) is 80.8 cm³/mol. The highest BCUT2D eigenvalue weighted by atomic mass is 35.5. The molecule has 0 saturated heterocycles. The van der Waals surface area contributed by atoms with Crippen LogP contribution in [0.25, 0.3) is 0 Å². The van der Waals surface area contributed by atoms with Crippen molar-refractivity contribution in [3.8, 4) is 5.75 Å². The largest absolute Gasteiger partial charge is 0.481 e. The van der Waals surface area contributed by atoms with Gasteiger partial charge in [0, 0.05) is 13.1 Å². The van der Waals surface area contributed by atoms with Crippen LogP contribution in [0.5, 0.6) is 5.75 Å². The van der Waals surface area contributed by atoms with Crippen LogP contribution in [-0.2, 0) is 9.59 Å². The van der Waals surface area contributed by atoms with Gasteiger partial charge in [-0.2, -0.15) is 0 Å². The zero-order valence-corrected chi connectivity index (χ0v) is 13.1. The number of amides is 2. The molecule has 1 aliphatic carbocycles. The molecular formula is C14H16Cl2N2O3. The summed E-state index contributed by atoms with van der Waals surface area (Å²) in [5.74, 6) is -0.217. The number of nitrogens with zero attached hydrogens (tertiary/aromatic N) is 1. The smallest absolute Gasteiger partial charge is 0.260 e. The Balaban J connectivity index is 1.81. The third-order valence-corrected chi connectivity index (χ3v) is 3.60. The molecule has 1 saturated carbocycles. The Hall–Kier alpha value is -1.46. The Bertz CT molecular complexity index is 527. The van der Waals surface area contributed by atoms with E-state index in [2.05, 4.69) is 5.32 Å². The van der Waals surface area contributed by atoms with E-state index in [-0.39, 0.29) is 36.8 Å². The van der Waals surface area contributed by atoms with E-state index in [0.29, 0.717) is 10.0 Å². The Morgan fingerprint density at radius 3 is 2.52 bits per heavy atom. The van der Waals surface area contributed by atoms with Gasteiger partial charge >= 0.3 is 0 Å². The Kier molecular flexibility index (Phi) is 5.31. The van der Waals surface area contributed by atoms with E-state index in [1.54, 1.807) is 25.2 Å². The number of carbonyl (C=O) groups excluding carboxylic acids is 2. The van der Waals surface area contributed by atoms with Crippen molar-refractivity contribution in [3.63, 3.8) is 0 Å². The summed E-state index contributed by atoms with van der Waals surface area (Å²) >= 11 is 11.9. The molecule has 0 bridgehead atoms. The van der Waals surface area contributed by atoms with Gasteiger partial charge in [0.25, 0.3) is 5.91 Å². The van der Waals surface area contributed by atoms with Crippen molar-refractivity contribution in [2.75, 3.05) is 20.2 Å². The third-order valence-electron chi connectivity index (χ3n) is 3.01. The fourth-order valence-corrected chi connectivity index (χ4v) is 2.18. The molecule has 2 amide bonds. The van der Waals surface area contributed by atoms with Gasteiger partial charge in [0.2, 0.25) is 5.91 Å². The molecule has 0 aromatic heterocycles. The van der Waals surface area contributed by atoms with Crippen molar-refractivity contribution in [1.29, 1.82) is 0 Å². The lowest BCUT2D eigenvalue weighted by molar-refractivity contribution is -0.136. The lowest BCUT2D eigenvalue weighted by Gasteiger charge is -2.17. The first-order valence-corrected chi connectivity index (χ1v) is 7.33. The summed E-state index contributed by atoms with van der Waals surface area (Å²) in [5.41, 5.74) is 0. The minimum absolute atomic E-state index is 0.00888. The minimum Gasteiger partial charge on any atom is -0.481 e. The summed E-state index contributed by atoms with van der Waals surface area (Å²) in [4.78, 5) is 24.8. The molecule has 5 nitrogen and oxygen atoms in total. The Morgan fingerprint density at radius 1 is 1.33 bits per heavy atom. The molecule has 114 valence electrons. The molecule has 0 unspecified atom stereocenters. The lowest BCUT2D eigenvalue weighted by Crippen LogP contribution is -2.40. The average molecular weight is 331 g/mol. The number of hydrogen-bond acceptors (Lipinski definition) is 3. The molecule has 1 aromatic rings. The number of halogens is 2. The van der Waals surface area contributed by atoms with Crippen molar-refractivity contribution < 1.29 is 14.3 Å². The SMILES string of the molecule is CN(CC(=O)NC1CC1)C(=O)COc1c(Cl)cccc1Cl. The highest BCUT2D eigenvalue weighted by molar-refractivity contribution is 6.37. The molecular weight excluding hydrogens is 315 g/mol. The fourth-order valence-electron chi connectivity index (χ4n) is 1.67. The van der Waals surface area contributed by atoms with Gasteiger partial charge in [-0.1, -0.05) is 29.3 Å². The van der Waals surface area contributed by atoms with Crippen LogP contribution >= 0.6 is 23.2 Å². The van der Waals surface area contributed by atoms with E-state index < -0.39 is 0 Å². The van der Waals surface area contributed by atoms with E-state index >= 15 is 0 Å². The second kappa shape index (κ2) is 7.00. The monoisotopic (exact) mass is 330 g/mol. The molecule has 1 aromatic carbocycles. The number of rotatable bonds is 6. The van der Waals surface area contributed by atoms with Crippen LogP contribution in [-0.4, -0.2) is 43.0 Å². The molecule has 1 aliphatic rings. The van der Waals surface area contributed by atoms with Gasteiger partial charge in [-0.05, 0) is 25.0 Å². The van der Waals surface area contributed by atoms with Gasteiger partial charge in [0.1, 0.15) is 0 Å². The van der Waals surface area contributed by atoms with Crippen LogP contribution < -0.4 is 10.1 Å². The summed E-state index contributed by atoms with van der Waals surface area (Å²) in [6.07, 6.45) is 2.02. The van der Waals surface area contributed by atoms with Crippen LogP contribution in [0.15, 0.2) is 18.2 Å². The Labute approximate surface area is 133 Å². The van der Waals surface area contributed by atoms with E-state index in [1.807, 2.05) is 0 Å². The van der Waals surface area contributed by atoms with Gasteiger partial charge in [-0.25, -0.2) is 0 Å². The summed E-state index contributed by atoms with van der Waals surface area (Å²) in [5, 5.41) is 3.49. The van der Waals surface area contributed by atoms with E-state index in [4.69, 9.17) is 27.9 Å². The third kappa shape index (κ3) is 4.79. The van der Waals surface area contributed by atoms with Gasteiger partial charge in [-0.15, -0.1) is 0 Å². The van der Waals surface area contributed by atoms with Crippen molar-refractivity contribution >= 4 is 35.0 Å². The Morgan fingerprint density at radius 2 is 1.95 bits per heavy atom.